The van der Waals surface area contributed by atoms with Gasteiger partial charge in [0, 0.05) is 6.61 Å². The van der Waals surface area contributed by atoms with Crippen molar-refractivity contribution in [3.05, 3.63) is 29.6 Å². The summed E-state index contributed by atoms with van der Waals surface area (Å²) in [7, 11) is -1.65. The highest BCUT2D eigenvalue weighted by Gasteiger charge is 2.13. The van der Waals surface area contributed by atoms with E-state index in [1.54, 1.807) is 0 Å². The molecule has 0 aliphatic heterocycles. The van der Waals surface area contributed by atoms with Crippen molar-refractivity contribution < 1.29 is 19.2 Å². The Morgan fingerprint density at radius 2 is 2.00 bits per heavy atom. The van der Waals surface area contributed by atoms with Gasteiger partial charge in [-0.25, -0.2) is 4.39 Å². The van der Waals surface area contributed by atoms with Crippen LogP contribution in [0.4, 0.5) is 4.39 Å². The fraction of sp³-hybridized carbons (Fsp3) is 0.500. The van der Waals surface area contributed by atoms with Crippen molar-refractivity contribution in [1.29, 1.82) is 0 Å². The molecule has 0 spiro atoms. The molecule has 94 valence electrons. The SMILES string of the molecule is CC(C)CCOCc1cc(F)cc(B(O)O)c1. The highest BCUT2D eigenvalue weighted by atomic mass is 19.1. The second kappa shape index (κ2) is 6.74. The quantitative estimate of drug-likeness (QED) is 0.577. The van der Waals surface area contributed by atoms with Gasteiger partial charge in [0.15, 0.2) is 0 Å². The molecule has 0 amide bonds. The molecule has 0 heterocycles. The van der Waals surface area contributed by atoms with Crippen LogP contribution in [0, 0.1) is 11.7 Å². The summed E-state index contributed by atoms with van der Waals surface area (Å²) < 4.78 is 18.5. The van der Waals surface area contributed by atoms with E-state index in [2.05, 4.69) is 13.8 Å². The lowest BCUT2D eigenvalue weighted by atomic mass is 9.79. The highest BCUT2D eigenvalue weighted by molar-refractivity contribution is 6.58. The van der Waals surface area contributed by atoms with Gasteiger partial charge in [-0.2, -0.15) is 0 Å². The minimum absolute atomic E-state index is 0.146. The molecule has 0 aliphatic carbocycles. The standard InChI is InChI=1S/C12H18BFO3/c1-9(2)3-4-17-8-10-5-11(13(15)16)7-12(14)6-10/h5-7,9,15-16H,3-4,8H2,1-2H3. The summed E-state index contributed by atoms with van der Waals surface area (Å²) in [6, 6.07) is 3.96. The third kappa shape index (κ3) is 5.30. The van der Waals surface area contributed by atoms with E-state index in [4.69, 9.17) is 14.8 Å². The van der Waals surface area contributed by atoms with Gasteiger partial charge in [0.25, 0.3) is 0 Å². The first-order valence-electron chi connectivity index (χ1n) is 5.72. The van der Waals surface area contributed by atoms with Crippen LogP contribution in [0.2, 0.25) is 0 Å². The predicted molar refractivity (Wildman–Crippen MR) is 65.3 cm³/mol. The summed E-state index contributed by atoms with van der Waals surface area (Å²) in [5.41, 5.74) is 0.754. The monoisotopic (exact) mass is 240 g/mol. The first-order chi connectivity index (χ1) is 7.99. The summed E-state index contributed by atoms with van der Waals surface area (Å²) in [5.74, 6) is 0.0791. The summed E-state index contributed by atoms with van der Waals surface area (Å²) in [5, 5.41) is 17.9. The Bertz CT molecular complexity index is 356. The van der Waals surface area contributed by atoms with E-state index < -0.39 is 12.9 Å². The minimum Gasteiger partial charge on any atom is -0.423 e. The van der Waals surface area contributed by atoms with Crippen LogP contribution >= 0.6 is 0 Å². The highest BCUT2D eigenvalue weighted by Crippen LogP contribution is 2.06. The molecule has 0 saturated heterocycles. The molecule has 5 heteroatoms. The molecular formula is C12H18BFO3. The lowest BCUT2D eigenvalue weighted by Crippen LogP contribution is -2.30. The molecule has 0 saturated carbocycles. The first-order valence-corrected chi connectivity index (χ1v) is 5.72. The lowest BCUT2D eigenvalue weighted by molar-refractivity contribution is 0.110. The van der Waals surface area contributed by atoms with Crippen LogP contribution in [-0.4, -0.2) is 23.8 Å². The average molecular weight is 240 g/mol. The minimum atomic E-state index is -1.65. The Morgan fingerprint density at radius 1 is 1.29 bits per heavy atom. The van der Waals surface area contributed by atoms with Gasteiger partial charge < -0.3 is 14.8 Å². The second-order valence-corrected chi connectivity index (χ2v) is 4.50. The smallest absolute Gasteiger partial charge is 0.423 e. The Kier molecular flexibility index (Phi) is 5.61. The van der Waals surface area contributed by atoms with Gasteiger partial charge >= 0.3 is 7.12 Å². The Balaban J connectivity index is 2.53. The zero-order valence-electron chi connectivity index (χ0n) is 10.2. The van der Waals surface area contributed by atoms with Gasteiger partial charge in [-0.15, -0.1) is 0 Å². The van der Waals surface area contributed by atoms with Crippen molar-refractivity contribution in [1.82, 2.24) is 0 Å². The molecule has 17 heavy (non-hydrogen) atoms. The topological polar surface area (TPSA) is 49.7 Å². The molecule has 0 aliphatic rings. The number of hydrogen-bond acceptors (Lipinski definition) is 3. The number of benzene rings is 1. The van der Waals surface area contributed by atoms with Gasteiger partial charge in [-0.05, 0) is 35.5 Å². The molecule has 0 radical (unpaired) electrons. The van der Waals surface area contributed by atoms with Crippen molar-refractivity contribution in [3.8, 4) is 0 Å². The van der Waals surface area contributed by atoms with Crippen LogP contribution in [0.3, 0.4) is 0 Å². The number of ether oxygens (including phenoxy) is 1. The van der Waals surface area contributed by atoms with Crippen molar-refractivity contribution in [2.75, 3.05) is 6.61 Å². The maximum absolute atomic E-state index is 13.1. The zero-order valence-corrected chi connectivity index (χ0v) is 10.2. The van der Waals surface area contributed by atoms with Crippen LogP contribution in [0.25, 0.3) is 0 Å². The zero-order chi connectivity index (χ0) is 12.8. The van der Waals surface area contributed by atoms with Crippen LogP contribution in [-0.2, 0) is 11.3 Å². The lowest BCUT2D eigenvalue weighted by Gasteiger charge is -2.08. The number of halogens is 1. The van der Waals surface area contributed by atoms with Crippen molar-refractivity contribution >= 4 is 12.6 Å². The molecule has 0 atom stereocenters. The molecule has 1 rings (SSSR count). The Hall–Kier alpha value is -0.905. The van der Waals surface area contributed by atoms with E-state index >= 15 is 0 Å². The van der Waals surface area contributed by atoms with E-state index in [9.17, 15) is 4.39 Å². The Morgan fingerprint density at radius 3 is 2.59 bits per heavy atom. The van der Waals surface area contributed by atoms with E-state index in [1.165, 1.54) is 12.1 Å². The summed E-state index contributed by atoms with van der Waals surface area (Å²) in [6.07, 6.45) is 0.949. The maximum atomic E-state index is 13.1. The molecule has 0 unspecified atom stereocenters. The van der Waals surface area contributed by atoms with Crippen molar-refractivity contribution in [2.45, 2.75) is 26.9 Å². The fourth-order valence-electron chi connectivity index (χ4n) is 1.42. The summed E-state index contributed by atoms with van der Waals surface area (Å²) >= 11 is 0. The van der Waals surface area contributed by atoms with Crippen molar-refractivity contribution in [2.24, 2.45) is 5.92 Å². The van der Waals surface area contributed by atoms with E-state index in [0.717, 1.165) is 12.5 Å². The largest absolute Gasteiger partial charge is 0.488 e. The first kappa shape index (κ1) is 14.2. The Labute approximate surface area is 101 Å². The van der Waals surface area contributed by atoms with Gasteiger partial charge in [0.1, 0.15) is 5.82 Å². The maximum Gasteiger partial charge on any atom is 0.488 e. The van der Waals surface area contributed by atoms with E-state index in [0.29, 0.717) is 18.1 Å². The number of rotatable bonds is 6. The predicted octanol–water partition coefficient (Wildman–Crippen LogP) is 1.07. The normalized spacial score (nSPS) is 10.9. The summed E-state index contributed by atoms with van der Waals surface area (Å²) in [6.45, 7) is 5.10. The van der Waals surface area contributed by atoms with Gasteiger partial charge in [0.05, 0.1) is 6.61 Å². The second-order valence-electron chi connectivity index (χ2n) is 4.50. The third-order valence-electron chi connectivity index (χ3n) is 2.39. The van der Waals surface area contributed by atoms with Gasteiger partial charge in [-0.1, -0.05) is 19.9 Å². The third-order valence-corrected chi connectivity index (χ3v) is 2.39. The average Bonchev–Trinajstić information content (AvgIpc) is 2.23. The molecular weight excluding hydrogens is 222 g/mol. The van der Waals surface area contributed by atoms with Gasteiger partial charge in [-0.3, -0.25) is 0 Å². The molecule has 1 aromatic carbocycles. The van der Waals surface area contributed by atoms with Crippen LogP contribution in [0.15, 0.2) is 18.2 Å². The summed E-state index contributed by atoms with van der Waals surface area (Å²) in [4.78, 5) is 0. The molecule has 3 nitrogen and oxygen atoms in total. The molecule has 2 N–H and O–H groups in total. The van der Waals surface area contributed by atoms with Gasteiger partial charge in [0.2, 0.25) is 0 Å². The van der Waals surface area contributed by atoms with E-state index in [-0.39, 0.29) is 12.1 Å². The fourth-order valence-corrected chi connectivity index (χ4v) is 1.42. The van der Waals surface area contributed by atoms with Crippen LogP contribution < -0.4 is 5.46 Å². The van der Waals surface area contributed by atoms with Crippen LogP contribution in [0.1, 0.15) is 25.8 Å². The molecule has 0 fully saturated rings. The molecule has 0 aromatic heterocycles. The van der Waals surface area contributed by atoms with Crippen molar-refractivity contribution in [3.63, 3.8) is 0 Å². The molecule has 1 aromatic rings. The van der Waals surface area contributed by atoms with E-state index in [1.807, 2.05) is 0 Å². The van der Waals surface area contributed by atoms with Crippen LogP contribution in [0.5, 0.6) is 0 Å². The molecule has 0 bridgehead atoms. The number of hydrogen-bond donors (Lipinski definition) is 2.